The molecule has 18 heavy (non-hydrogen) atoms. The molecule has 1 fully saturated rings. The maximum atomic E-state index is 11.6. The molecule has 1 aliphatic heterocycles. The maximum Gasteiger partial charge on any atom is 0.234 e. The third-order valence-electron chi connectivity index (χ3n) is 3.36. The van der Waals surface area contributed by atoms with Crippen LogP contribution in [0.15, 0.2) is 0 Å². The summed E-state index contributed by atoms with van der Waals surface area (Å²) in [6.45, 7) is 4.93. The number of rotatable bonds is 8. The molecule has 0 aromatic heterocycles. The van der Waals surface area contributed by atoms with E-state index in [1.807, 2.05) is 7.05 Å². The highest BCUT2D eigenvalue weighted by molar-refractivity contribution is 5.77. The second-order valence-electron chi connectivity index (χ2n) is 5.08. The zero-order valence-corrected chi connectivity index (χ0v) is 11.7. The van der Waals surface area contributed by atoms with Crippen LogP contribution in [0.1, 0.15) is 19.3 Å². The molecule has 0 radical (unpaired) electrons. The molecule has 1 saturated heterocycles. The summed E-state index contributed by atoms with van der Waals surface area (Å²) in [5, 5.41) is 6.26. The van der Waals surface area contributed by atoms with Gasteiger partial charge in [-0.15, -0.1) is 0 Å². The number of carbonyl (C=O) groups is 1. The average molecular weight is 257 g/mol. The number of nitrogens with one attached hydrogen (secondary N) is 2. The largest absolute Gasteiger partial charge is 0.383 e. The lowest BCUT2D eigenvalue weighted by Gasteiger charge is -2.25. The molecule has 1 aliphatic rings. The van der Waals surface area contributed by atoms with Gasteiger partial charge in [0, 0.05) is 13.7 Å². The van der Waals surface area contributed by atoms with Gasteiger partial charge in [-0.3, -0.25) is 9.69 Å². The number of carbonyl (C=O) groups excluding carboxylic acids is 1. The van der Waals surface area contributed by atoms with Gasteiger partial charge in [0.2, 0.25) is 5.91 Å². The van der Waals surface area contributed by atoms with Crippen molar-refractivity contribution < 1.29 is 9.53 Å². The predicted molar refractivity (Wildman–Crippen MR) is 72.6 cm³/mol. The molecule has 5 nitrogen and oxygen atoms in total. The highest BCUT2D eigenvalue weighted by atomic mass is 16.5. The summed E-state index contributed by atoms with van der Waals surface area (Å²) in [5.74, 6) is 0.856. The van der Waals surface area contributed by atoms with E-state index in [2.05, 4.69) is 15.5 Å². The quantitative estimate of drug-likeness (QED) is 0.604. The molecule has 0 bridgehead atoms. The lowest BCUT2D eigenvalue weighted by Crippen LogP contribution is -2.38. The minimum absolute atomic E-state index is 0.0799. The van der Waals surface area contributed by atoms with E-state index < -0.39 is 0 Å². The second-order valence-corrected chi connectivity index (χ2v) is 5.08. The summed E-state index contributed by atoms with van der Waals surface area (Å²) in [4.78, 5) is 13.7. The Morgan fingerprint density at radius 2 is 2.39 bits per heavy atom. The first-order chi connectivity index (χ1) is 8.72. The first kappa shape index (κ1) is 15.4. The Bertz CT molecular complexity index is 230. The van der Waals surface area contributed by atoms with Gasteiger partial charge in [0.05, 0.1) is 13.2 Å². The summed E-state index contributed by atoms with van der Waals surface area (Å²) in [6.07, 6.45) is 3.78. The molecule has 1 amide bonds. The van der Waals surface area contributed by atoms with Gasteiger partial charge in [-0.25, -0.2) is 0 Å². The zero-order chi connectivity index (χ0) is 13.2. The molecule has 1 unspecified atom stereocenters. The molecule has 0 aromatic rings. The normalized spacial score (nSPS) is 20.1. The Balaban J connectivity index is 2.04. The molecular formula is C13H27N3O2. The summed E-state index contributed by atoms with van der Waals surface area (Å²) < 4.78 is 4.89. The number of ether oxygens (including phenoxy) is 1. The van der Waals surface area contributed by atoms with E-state index >= 15 is 0 Å². The minimum Gasteiger partial charge on any atom is -0.383 e. The molecule has 5 heteroatoms. The van der Waals surface area contributed by atoms with Crippen molar-refractivity contribution in [1.82, 2.24) is 15.5 Å². The van der Waals surface area contributed by atoms with Crippen LogP contribution < -0.4 is 10.6 Å². The molecule has 1 atom stereocenters. The number of methoxy groups -OCH3 is 1. The summed E-state index contributed by atoms with van der Waals surface area (Å²) in [6, 6.07) is 0. The van der Waals surface area contributed by atoms with Crippen LogP contribution in [0.3, 0.4) is 0 Å². The molecule has 0 spiro atoms. The molecule has 1 rings (SSSR count). The van der Waals surface area contributed by atoms with Crippen molar-refractivity contribution in [1.29, 1.82) is 0 Å². The summed E-state index contributed by atoms with van der Waals surface area (Å²) >= 11 is 0. The van der Waals surface area contributed by atoms with E-state index in [0.29, 0.717) is 19.7 Å². The van der Waals surface area contributed by atoms with Crippen LogP contribution in [-0.2, 0) is 9.53 Å². The highest BCUT2D eigenvalue weighted by Gasteiger charge is 2.14. The fourth-order valence-electron chi connectivity index (χ4n) is 2.25. The average Bonchev–Trinajstić information content (AvgIpc) is 2.38. The molecule has 1 heterocycles. The van der Waals surface area contributed by atoms with E-state index in [1.165, 1.54) is 19.3 Å². The number of nitrogens with zero attached hydrogens (tertiary/aromatic N) is 1. The number of hydrogen-bond donors (Lipinski definition) is 2. The lowest BCUT2D eigenvalue weighted by molar-refractivity contribution is -0.122. The molecule has 106 valence electrons. The fourth-order valence-corrected chi connectivity index (χ4v) is 2.25. The van der Waals surface area contributed by atoms with Crippen LogP contribution in [-0.4, -0.2) is 64.3 Å². The van der Waals surface area contributed by atoms with Crippen molar-refractivity contribution >= 4 is 5.91 Å². The van der Waals surface area contributed by atoms with Crippen molar-refractivity contribution in [3.8, 4) is 0 Å². The number of likely N-dealkylation sites (N-methyl/N-ethyl adjacent to an activating group) is 1. The van der Waals surface area contributed by atoms with Gasteiger partial charge < -0.3 is 15.4 Å². The predicted octanol–water partition coefficient (Wildman–Crippen LogP) is 0.0705. The van der Waals surface area contributed by atoms with Gasteiger partial charge in [-0.05, 0) is 51.9 Å². The molecule has 0 aliphatic carbocycles. The van der Waals surface area contributed by atoms with Gasteiger partial charge in [0.1, 0.15) is 0 Å². The monoisotopic (exact) mass is 257 g/mol. The Labute approximate surface area is 110 Å². The van der Waals surface area contributed by atoms with Gasteiger partial charge in [-0.1, -0.05) is 0 Å². The van der Waals surface area contributed by atoms with E-state index in [1.54, 1.807) is 7.11 Å². The highest BCUT2D eigenvalue weighted by Crippen LogP contribution is 2.13. The van der Waals surface area contributed by atoms with Crippen molar-refractivity contribution in [2.75, 3.05) is 53.5 Å². The van der Waals surface area contributed by atoms with Crippen molar-refractivity contribution in [2.24, 2.45) is 5.92 Å². The van der Waals surface area contributed by atoms with Crippen molar-refractivity contribution in [3.05, 3.63) is 0 Å². The zero-order valence-electron chi connectivity index (χ0n) is 11.7. The van der Waals surface area contributed by atoms with Crippen molar-refractivity contribution in [2.45, 2.75) is 19.3 Å². The summed E-state index contributed by atoms with van der Waals surface area (Å²) in [5.41, 5.74) is 0. The Morgan fingerprint density at radius 1 is 1.56 bits per heavy atom. The van der Waals surface area contributed by atoms with Crippen molar-refractivity contribution in [3.63, 3.8) is 0 Å². The Kier molecular flexibility index (Phi) is 7.96. The molecule has 0 saturated carbocycles. The van der Waals surface area contributed by atoms with Crippen LogP contribution in [0.4, 0.5) is 0 Å². The maximum absolute atomic E-state index is 11.6. The van der Waals surface area contributed by atoms with Crippen LogP contribution >= 0.6 is 0 Å². The lowest BCUT2D eigenvalue weighted by atomic mass is 9.96. The molecular weight excluding hydrogens is 230 g/mol. The Hall–Kier alpha value is -0.650. The van der Waals surface area contributed by atoms with E-state index in [4.69, 9.17) is 4.74 Å². The van der Waals surface area contributed by atoms with Crippen LogP contribution in [0.25, 0.3) is 0 Å². The van der Waals surface area contributed by atoms with E-state index in [-0.39, 0.29) is 5.91 Å². The first-order valence-electron chi connectivity index (χ1n) is 6.87. The third kappa shape index (κ3) is 6.93. The molecule has 0 aromatic carbocycles. The van der Waals surface area contributed by atoms with Gasteiger partial charge in [0.15, 0.2) is 0 Å². The SMILES string of the molecule is COCCNC(=O)CN(C)CCC1CCCNC1. The number of amides is 1. The van der Waals surface area contributed by atoms with Gasteiger partial charge >= 0.3 is 0 Å². The third-order valence-corrected chi connectivity index (χ3v) is 3.36. The van der Waals surface area contributed by atoms with Crippen LogP contribution in [0.5, 0.6) is 0 Å². The first-order valence-corrected chi connectivity index (χ1v) is 6.87. The topological polar surface area (TPSA) is 53.6 Å². The summed E-state index contributed by atoms with van der Waals surface area (Å²) in [7, 11) is 3.64. The number of piperidine rings is 1. The number of hydrogen-bond acceptors (Lipinski definition) is 4. The smallest absolute Gasteiger partial charge is 0.234 e. The van der Waals surface area contributed by atoms with Crippen LogP contribution in [0, 0.1) is 5.92 Å². The van der Waals surface area contributed by atoms with Crippen LogP contribution in [0.2, 0.25) is 0 Å². The second kappa shape index (κ2) is 9.30. The fraction of sp³-hybridized carbons (Fsp3) is 0.923. The van der Waals surface area contributed by atoms with E-state index in [9.17, 15) is 4.79 Å². The Morgan fingerprint density at radius 3 is 3.06 bits per heavy atom. The van der Waals surface area contributed by atoms with Gasteiger partial charge in [-0.2, -0.15) is 0 Å². The minimum atomic E-state index is 0.0799. The van der Waals surface area contributed by atoms with E-state index in [0.717, 1.165) is 25.6 Å². The molecule has 2 N–H and O–H groups in total. The van der Waals surface area contributed by atoms with Gasteiger partial charge in [0.25, 0.3) is 0 Å². The standard InChI is InChI=1S/C13H27N3O2/c1-16(11-13(17)15-7-9-18-2)8-5-12-4-3-6-14-10-12/h12,14H,3-11H2,1-2H3,(H,15,17).